The molecule has 1 unspecified atom stereocenters. The minimum absolute atomic E-state index is 0.539. The van der Waals surface area contributed by atoms with Gasteiger partial charge in [-0.15, -0.1) is 11.3 Å². The van der Waals surface area contributed by atoms with Crippen LogP contribution in [0.3, 0.4) is 0 Å². The summed E-state index contributed by atoms with van der Waals surface area (Å²) in [7, 11) is 0. The van der Waals surface area contributed by atoms with Gasteiger partial charge in [0.2, 0.25) is 0 Å². The molecule has 0 spiro atoms. The number of rotatable bonds is 7. The Morgan fingerprint density at radius 1 is 1.33 bits per heavy atom. The van der Waals surface area contributed by atoms with Gasteiger partial charge >= 0.3 is 0 Å². The van der Waals surface area contributed by atoms with Crippen LogP contribution < -0.4 is 10.2 Å². The highest BCUT2D eigenvalue weighted by Gasteiger charge is 2.20. The zero-order valence-corrected chi connectivity index (χ0v) is 14.5. The maximum absolute atomic E-state index is 5.55. The molecule has 1 saturated heterocycles. The van der Waals surface area contributed by atoms with Gasteiger partial charge in [0.15, 0.2) is 5.13 Å². The Morgan fingerprint density at radius 3 is 2.95 bits per heavy atom. The van der Waals surface area contributed by atoms with Gasteiger partial charge in [0.25, 0.3) is 0 Å². The molecule has 1 aliphatic rings. The summed E-state index contributed by atoms with van der Waals surface area (Å²) < 4.78 is 5.55. The lowest BCUT2D eigenvalue weighted by atomic mass is 10.0. The van der Waals surface area contributed by atoms with E-state index in [2.05, 4.69) is 31.0 Å². The SMILES string of the molecule is CCCNCc1sc(N2CCCOCC2)nc1C(C)CC. The minimum atomic E-state index is 0.539. The predicted octanol–water partition coefficient (Wildman–Crippen LogP) is 3.38. The molecule has 0 saturated carbocycles. The van der Waals surface area contributed by atoms with Crippen molar-refractivity contribution in [2.45, 2.75) is 52.5 Å². The van der Waals surface area contributed by atoms with Crippen molar-refractivity contribution < 1.29 is 4.74 Å². The number of ether oxygens (including phenoxy) is 1. The number of nitrogens with zero attached hydrogens (tertiary/aromatic N) is 2. The summed E-state index contributed by atoms with van der Waals surface area (Å²) in [6.07, 6.45) is 3.42. The zero-order chi connectivity index (χ0) is 15.1. The zero-order valence-electron chi connectivity index (χ0n) is 13.7. The van der Waals surface area contributed by atoms with Crippen molar-refractivity contribution in [1.29, 1.82) is 0 Å². The van der Waals surface area contributed by atoms with Crippen molar-refractivity contribution in [2.24, 2.45) is 0 Å². The monoisotopic (exact) mass is 311 g/mol. The van der Waals surface area contributed by atoms with Crippen molar-refractivity contribution in [3.8, 4) is 0 Å². The van der Waals surface area contributed by atoms with Crippen LogP contribution in [0.25, 0.3) is 0 Å². The lowest BCUT2D eigenvalue weighted by molar-refractivity contribution is 0.152. The third-order valence-corrected chi connectivity index (χ3v) is 5.13. The van der Waals surface area contributed by atoms with Crippen LogP contribution in [0.5, 0.6) is 0 Å². The van der Waals surface area contributed by atoms with Crippen molar-refractivity contribution in [3.05, 3.63) is 10.6 Å². The second-order valence-electron chi connectivity index (χ2n) is 5.74. The third-order valence-electron chi connectivity index (χ3n) is 4.00. The smallest absolute Gasteiger partial charge is 0.185 e. The first-order valence-electron chi connectivity index (χ1n) is 8.29. The molecular weight excluding hydrogens is 282 g/mol. The van der Waals surface area contributed by atoms with Gasteiger partial charge in [-0.05, 0) is 31.7 Å². The van der Waals surface area contributed by atoms with Crippen molar-refractivity contribution in [1.82, 2.24) is 10.3 Å². The van der Waals surface area contributed by atoms with E-state index >= 15 is 0 Å². The number of nitrogens with one attached hydrogen (secondary N) is 1. The second-order valence-corrected chi connectivity index (χ2v) is 6.81. The molecule has 5 heteroatoms. The maximum Gasteiger partial charge on any atom is 0.185 e. The van der Waals surface area contributed by atoms with Crippen molar-refractivity contribution >= 4 is 16.5 Å². The Kier molecular flexibility index (Phi) is 6.93. The van der Waals surface area contributed by atoms with Gasteiger partial charge < -0.3 is 15.0 Å². The van der Waals surface area contributed by atoms with Gasteiger partial charge in [0.05, 0.1) is 12.3 Å². The normalized spacial score (nSPS) is 17.8. The van der Waals surface area contributed by atoms with Crippen LogP contribution in [0.15, 0.2) is 0 Å². The van der Waals surface area contributed by atoms with Crippen LogP contribution in [-0.2, 0) is 11.3 Å². The fourth-order valence-electron chi connectivity index (χ4n) is 2.51. The Morgan fingerprint density at radius 2 is 2.19 bits per heavy atom. The Hall–Kier alpha value is -0.650. The van der Waals surface area contributed by atoms with Crippen LogP contribution in [0.2, 0.25) is 0 Å². The summed E-state index contributed by atoms with van der Waals surface area (Å²) >= 11 is 1.87. The van der Waals surface area contributed by atoms with Gasteiger partial charge in [-0.2, -0.15) is 0 Å². The lowest BCUT2D eigenvalue weighted by Crippen LogP contribution is -2.25. The van der Waals surface area contributed by atoms with E-state index in [1.807, 2.05) is 11.3 Å². The summed E-state index contributed by atoms with van der Waals surface area (Å²) in [6.45, 7) is 12.5. The molecule has 120 valence electrons. The fraction of sp³-hybridized carbons (Fsp3) is 0.812. The molecule has 1 fully saturated rings. The van der Waals surface area contributed by atoms with Crippen LogP contribution >= 0.6 is 11.3 Å². The second kappa shape index (κ2) is 8.71. The van der Waals surface area contributed by atoms with Gasteiger partial charge in [-0.3, -0.25) is 0 Å². The molecule has 4 nitrogen and oxygen atoms in total. The quantitative estimate of drug-likeness (QED) is 0.783. The highest BCUT2D eigenvalue weighted by Crippen LogP contribution is 2.32. The summed E-state index contributed by atoms with van der Waals surface area (Å²) in [4.78, 5) is 8.78. The van der Waals surface area contributed by atoms with E-state index in [1.54, 1.807) is 0 Å². The average Bonchev–Trinajstić information content (AvgIpc) is 2.73. The van der Waals surface area contributed by atoms with E-state index in [9.17, 15) is 0 Å². The molecule has 1 N–H and O–H groups in total. The molecule has 1 aliphatic heterocycles. The highest BCUT2D eigenvalue weighted by molar-refractivity contribution is 7.15. The molecular formula is C16H29N3OS. The van der Waals surface area contributed by atoms with E-state index in [-0.39, 0.29) is 0 Å². The number of thiazole rings is 1. The van der Waals surface area contributed by atoms with Gasteiger partial charge in [0.1, 0.15) is 0 Å². The molecule has 1 aromatic heterocycles. The van der Waals surface area contributed by atoms with Crippen LogP contribution in [-0.4, -0.2) is 37.8 Å². The molecule has 2 rings (SSSR count). The minimum Gasteiger partial charge on any atom is -0.380 e. The van der Waals surface area contributed by atoms with Crippen LogP contribution in [0.1, 0.15) is 56.5 Å². The maximum atomic E-state index is 5.55. The van der Waals surface area contributed by atoms with E-state index in [0.717, 1.165) is 52.2 Å². The summed E-state index contributed by atoms with van der Waals surface area (Å²) in [5, 5.41) is 4.71. The number of aromatic nitrogens is 1. The van der Waals surface area contributed by atoms with Gasteiger partial charge in [-0.1, -0.05) is 20.8 Å². The number of hydrogen-bond acceptors (Lipinski definition) is 5. The molecule has 2 heterocycles. The third kappa shape index (κ3) is 4.66. The van der Waals surface area contributed by atoms with E-state index in [4.69, 9.17) is 9.72 Å². The highest BCUT2D eigenvalue weighted by atomic mass is 32.1. The van der Waals surface area contributed by atoms with E-state index in [1.165, 1.54) is 22.1 Å². The average molecular weight is 311 g/mol. The van der Waals surface area contributed by atoms with Crippen molar-refractivity contribution in [2.75, 3.05) is 37.7 Å². The van der Waals surface area contributed by atoms with Crippen LogP contribution in [0.4, 0.5) is 5.13 Å². The summed E-state index contributed by atoms with van der Waals surface area (Å²) in [5.74, 6) is 0.539. The summed E-state index contributed by atoms with van der Waals surface area (Å²) in [6, 6.07) is 0. The molecule has 0 aliphatic carbocycles. The topological polar surface area (TPSA) is 37.4 Å². The summed E-state index contributed by atoms with van der Waals surface area (Å²) in [5.41, 5.74) is 1.30. The van der Waals surface area contributed by atoms with E-state index < -0.39 is 0 Å². The molecule has 0 amide bonds. The number of anilines is 1. The first-order chi connectivity index (χ1) is 10.3. The van der Waals surface area contributed by atoms with Gasteiger partial charge in [-0.25, -0.2) is 4.98 Å². The lowest BCUT2D eigenvalue weighted by Gasteiger charge is -2.17. The number of hydrogen-bond donors (Lipinski definition) is 1. The Labute approximate surface area is 132 Å². The Bertz CT molecular complexity index is 414. The first-order valence-corrected chi connectivity index (χ1v) is 9.10. The molecule has 0 aromatic carbocycles. The standard InChI is InChI=1S/C16H29N3OS/c1-4-7-17-12-14-15(13(3)5-2)18-16(21-14)19-8-6-10-20-11-9-19/h13,17H,4-12H2,1-3H3. The van der Waals surface area contributed by atoms with E-state index in [0.29, 0.717) is 5.92 Å². The van der Waals surface area contributed by atoms with Gasteiger partial charge in [0, 0.05) is 31.1 Å². The fourth-order valence-corrected chi connectivity index (χ4v) is 3.71. The molecule has 1 aromatic rings. The molecule has 21 heavy (non-hydrogen) atoms. The van der Waals surface area contributed by atoms with Crippen LogP contribution in [0, 0.1) is 0 Å². The Balaban J connectivity index is 2.13. The van der Waals surface area contributed by atoms with Crippen molar-refractivity contribution in [3.63, 3.8) is 0 Å². The molecule has 0 bridgehead atoms. The molecule has 1 atom stereocenters. The molecule has 0 radical (unpaired) electrons. The largest absolute Gasteiger partial charge is 0.380 e. The predicted molar refractivity (Wildman–Crippen MR) is 90.5 cm³/mol. The first kappa shape index (κ1) is 16.7.